The Morgan fingerprint density at radius 2 is 2.28 bits per heavy atom. The van der Waals surface area contributed by atoms with E-state index in [2.05, 4.69) is 15.1 Å². The van der Waals surface area contributed by atoms with Gasteiger partial charge >= 0.3 is 0 Å². The molecule has 0 radical (unpaired) electrons. The smallest absolute Gasteiger partial charge is 0.244 e. The van der Waals surface area contributed by atoms with Gasteiger partial charge in [0.15, 0.2) is 5.82 Å². The first-order chi connectivity index (χ1) is 8.55. The molecule has 0 saturated carbocycles. The lowest BCUT2D eigenvalue weighted by molar-refractivity contribution is 0.558. The van der Waals surface area contributed by atoms with Crippen molar-refractivity contribution in [3.63, 3.8) is 0 Å². The van der Waals surface area contributed by atoms with Gasteiger partial charge in [0.05, 0.1) is 0 Å². The van der Waals surface area contributed by atoms with E-state index in [-0.39, 0.29) is 16.8 Å². The summed E-state index contributed by atoms with van der Waals surface area (Å²) >= 11 is 1.60. The highest BCUT2D eigenvalue weighted by molar-refractivity contribution is 7.98. The fourth-order valence-corrected chi connectivity index (χ4v) is 3.70. The van der Waals surface area contributed by atoms with Gasteiger partial charge in [0.2, 0.25) is 10.0 Å². The predicted molar refractivity (Wildman–Crippen MR) is 74.8 cm³/mol. The minimum Gasteiger partial charge on any atom is -0.307 e. The number of pyridine rings is 1. The van der Waals surface area contributed by atoms with Crippen molar-refractivity contribution in [2.75, 3.05) is 17.4 Å². The molecular formula is C10H18N4O2S2. The molecule has 0 bridgehead atoms. The van der Waals surface area contributed by atoms with Crippen molar-refractivity contribution in [3.05, 3.63) is 18.3 Å². The first-order valence-electron chi connectivity index (χ1n) is 5.48. The summed E-state index contributed by atoms with van der Waals surface area (Å²) in [5.74, 6) is 6.13. The lowest BCUT2D eigenvalue weighted by Crippen LogP contribution is -2.36. The van der Waals surface area contributed by atoms with Gasteiger partial charge < -0.3 is 5.43 Å². The van der Waals surface area contributed by atoms with Crippen molar-refractivity contribution in [3.8, 4) is 0 Å². The van der Waals surface area contributed by atoms with Crippen LogP contribution in [0.1, 0.15) is 13.3 Å². The Morgan fingerprint density at radius 3 is 2.83 bits per heavy atom. The molecule has 18 heavy (non-hydrogen) atoms. The van der Waals surface area contributed by atoms with Crippen molar-refractivity contribution < 1.29 is 8.42 Å². The monoisotopic (exact) mass is 290 g/mol. The fourth-order valence-electron chi connectivity index (χ4n) is 1.44. The Bertz CT molecular complexity index is 479. The van der Waals surface area contributed by atoms with Crippen molar-refractivity contribution in [1.82, 2.24) is 9.71 Å². The highest BCUT2D eigenvalue weighted by Crippen LogP contribution is 2.17. The molecule has 1 heterocycles. The maximum Gasteiger partial charge on any atom is 0.244 e. The van der Waals surface area contributed by atoms with Gasteiger partial charge in [-0.1, -0.05) is 6.92 Å². The highest BCUT2D eigenvalue weighted by atomic mass is 32.2. The second-order valence-corrected chi connectivity index (χ2v) is 6.27. The number of nitrogens with two attached hydrogens (primary N) is 1. The van der Waals surface area contributed by atoms with Crippen molar-refractivity contribution in [2.24, 2.45) is 5.84 Å². The van der Waals surface area contributed by atoms with Gasteiger partial charge in [0.25, 0.3) is 0 Å². The topological polar surface area (TPSA) is 97.1 Å². The van der Waals surface area contributed by atoms with Crippen LogP contribution in [-0.4, -0.2) is 31.5 Å². The van der Waals surface area contributed by atoms with E-state index in [0.717, 1.165) is 12.2 Å². The molecule has 1 rings (SSSR count). The second-order valence-electron chi connectivity index (χ2n) is 3.68. The standard InChI is InChI=1S/C10H18N4O2S2/c1-3-8(7-17-2)14-18(15,16)9-5-4-6-12-10(9)13-11/h4-6,8,14H,3,7,11H2,1-2H3,(H,12,13). The normalized spacial score (nSPS) is 13.3. The van der Waals surface area contributed by atoms with Crippen LogP contribution in [0.3, 0.4) is 0 Å². The average molecular weight is 290 g/mol. The van der Waals surface area contributed by atoms with E-state index in [0.29, 0.717) is 0 Å². The zero-order valence-electron chi connectivity index (χ0n) is 10.4. The summed E-state index contributed by atoms with van der Waals surface area (Å²) in [6.45, 7) is 1.94. The van der Waals surface area contributed by atoms with Gasteiger partial charge in [-0.25, -0.2) is 24.0 Å². The minimum absolute atomic E-state index is 0.0621. The zero-order chi connectivity index (χ0) is 13.6. The lowest BCUT2D eigenvalue weighted by Gasteiger charge is -2.17. The molecule has 0 amide bonds. The molecule has 0 aliphatic carbocycles. The van der Waals surface area contributed by atoms with Gasteiger partial charge in [-0.15, -0.1) is 0 Å². The molecular weight excluding hydrogens is 272 g/mol. The largest absolute Gasteiger partial charge is 0.307 e. The number of nitrogens with one attached hydrogen (secondary N) is 2. The van der Waals surface area contributed by atoms with Crippen LogP contribution in [0.4, 0.5) is 5.82 Å². The molecule has 4 N–H and O–H groups in total. The van der Waals surface area contributed by atoms with Crippen molar-refractivity contribution in [1.29, 1.82) is 0 Å². The van der Waals surface area contributed by atoms with Crippen LogP contribution in [0.15, 0.2) is 23.2 Å². The summed E-state index contributed by atoms with van der Waals surface area (Å²) in [4.78, 5) is 3.94. The molecule has 0 aromatic carbocycles. The summed E-state index contributed by atoms with van der Waals surface area (Å²) in [6, 6.07) is 2.93. The molecule has 6 nitrogen and oxygen atoms in total. The second kappa shape index (κ2) is 6.93. The van der Waals surface area contributed by atoms with E-state index in [1.165, 1.54) is 12.3 Å². The molecule has 0 aliphatic heterocycles. The lowest BCUT2D eigenvalue weighted by atomic mass is 10.3. The van der Waals surface area contributed by atoms with Gasteiger partial charge in [0.1, 0.15) is 4.90 Å². The first-order valence-corrected chi connectivity index (χ1v) is 8.35. The van der Waals surface area contributed by atoms with E-state index < -0.39 is 10.0 Å². The quantitative estimate of drug-likeness (QED) is 0.507. The molecule has 0 fully saturated rings. The van der Waals surface area contributed by atoms with Crippen LogP contribution in [0.5, 0.6) is 0 Å². The Labute approximate surface area is 112 Å². The molecule has 8 heteroatoms. The molecule has 1 aromatic rings. The van der Waals surface area contributed by atoms with Crippen LogP contribution in [-0.2, 0) is 10.0 Å². The van der Waals surface area contributed by atoms with E-state index >= 15 is 0 Å². The minimum atomic E-state index is -3.60. The number of hydrogen-bond donors (Lipinski definition) is 3. The number of sulfonamides is 1. The average Bonchev–Trinajstić information content (AvgIpc) is 2.38. The summed E-state index contributed by atoms with van der Waals surface area (Å²) in [6.07, 6.45) is 4.15. The number of hydrazine groups is 1. The Kier molecular flexibility index (Phi) is 5.86. The molecule has 1 atom stereocenters. The van der Waals surface area contributed by atoms with Crippen LogP contribution >= 0.6 is 11.8 Å². The molecule has 1 aromatic heterocycles. The van der Waals surface area contributed by atoms with Crippen LogP contribution in [0.2, 0.25) is 0 Å². The van der Waals surface area contributed by atoms with Gasteiger partial charge in [-0.05, 0) is 24.8 Å². The Morgan fingerprint density at radius 1 is 1.56 bits per heavy atom. The number of hydrogen-bond acceptors (Lipinski definition) is 6. The number of nitrogen functional groups attached to an aromatic ring is 1. The molecule has 1 unspecified atom stereocenters. The number of nitrogens with zero attached hydrogens (tertiary/aromatic N) is 1. The Hall–Kier alpha value is -0.830. The van der Waals surface area contributed by atoms with E-state index in [1.54, 1.807) is 17.8 Å². The number of thioether (sulfide) groups is 1. The first kappa shape index (κ1) is 15.2. The number of rotatable bonds is 7. The van der Waals surface area contributed by atoms with Gasteiger partial charge in [-0.3, -0.25) is 0 Å². The third kappa shape index (κ3) is 3.84. The fraction of sp³-hybridized carbons (Fsp3) is 0.500. The summed E-state index contributed by atoms with van der Waals surface area (Å²) in [7, 11) is -3.60. The van der Waals surface area contributed by atoms with E-state index in [1.807, 2.05) is 13.2 Å². The van der Waals surface area contributed by atoms with Gasteiger partial charge in [-0.2, -0.15) is 11.8 Å². The number of aromatic nitrogens is 1. The van der Waals surface area contributed by atoms with Crippen LogP contribution < -0.4 is 16.0 Å². The van der Waals surface area contributed by atoms with Crippen LogP contribution in [0, 0.1) is 0 Å². The maximum absolute atomic E-state index is 12.2. The third-order valence-corrected chi connectivity index (χ3v) is 4.67. The number of anilines is 1. The van der Waals surface area contributed by atoms with E-state index in [4.69, 9.17) is 5.84 Å². The third-order valence-electron chi connectivity index (χ3n) is 2.38. The summed E-state index contributed by atoms with van der Waals surface area (Å²) in [5, 5.41) is 0. The Balaban J connectivity index is 2.98. The SMILES string of the molecule is CCC(CSC)NS(=O)(=O)c1cccnc1NN. The molecule has 0 spiro atoms. The summed E-state index contributed by atoms with van der Waals surface area (Å²) < 4.78 is 27.1. The van der Waals surface area contributed by atoms with Gasteiger partial charge in [0, 0.05) is 18.0 Å². The van der Waals surface area contributed by atoms with Crippen molar-refractivity contribution >= 4 is 27.6 Å². The van der Waals surface area contributed by atoms with Crippen molar-refractivity contribution in [2.45, 2.75) is 24.3 Å². The van der Waals surface area contributed by atoms with E-state index in [9.17, 15) is 8.42 Å². The molecule has 0 saturated heterocycles. The predicted octanol–water partition coefficient (Wildman–Crippen LogP) is 0.787. The maximum atomic E-state index is 12.2. The van der Waals surface area contributed by atoms with Crippen LogP contribution in [0.25, 0.3) is 0 Å². The zero-order valence-corrected chi connectivity index (χ0v) is 12.0. The summed E-state index contributed by atoms with van der Waals surface area (Å²) in [5.41, 5.74) is 2.29. The molecule has 0 aliphatic rings. The molecule has 102 valence electrons. The highest BCUT2D eigenvalue weighted by Gasteiger charge is 2.22.